The maximum atomic E-state index is 12.0. The van der Waals surface area contributed by atoms with E-state index < -0.39 is 0 Å². The summed E-state index contributed by atoms with van der Waals surface area (Å²) in [5.74, 6) is -0.175. The largest absolute Gasteiger partial charge is 0.459 e. The number of piperidine rings is 1. The van der Waals surface area contributed by atoms with Crippen molar-refractivity contribution in [2.45, 2.75) is 25.3 Å². The lowest BCUT2D eigenvalue weighted by atomic mass is 10.1. The van der Waals surface area contributed by atoms with Crippen LogP contribution in [0.15, 0.2) is 28.2 Å². The van der Waals surface area contributed by atoms with Gasteiger partial charge in [-0.1, -0.05) is 0 Å². The Labute approximate surface area is 137 Å². The van der Waals surface area contributed by atoms with Crippen LogP contribution in [0.5, 0.6) is 0 Å². The average molecular weight is 334 g/mol. The second kappa shape index (κ2) is 7.38. The van der Waals surface area contributed by atoms with Gasteiger partial charge >= 0.3 is 0 Å². The van der Waals surface area contributed by atoms with Crippen molar-refractivity contribution in [3.8, 4) is 0 Å². The minimum absolute atomic E-state index is 0.0482. The van der Waals surface area contributed by atoms with Crippen LogP contribution in [0.2, 0.25) is 0 Å². The quantitative estimate of drug-likeness (QED) is 0.768. The van der Waals surface area contributed by atoms with Gasteiger partial charge in [0.1, 0.15) is 0 Å². The molecule has 1 saturated heterocycles. The van der Waals surface area contributed by atoms with Crippen LogP contribution < -0.4 is 16.0 Å². The molecule has 1 aliphatic rings. The molecule has 0 saturated carbocycles. The van der Waals surface area contributed by atoms with E-state index in [1.165, 1.54) is 17.6 Å². The average Bonchev–Trinajstić information content (AvgIpc) is 3.20. The number of amides is 2. The molecule has 0 bridgehead atoms. The zero-order valence-corrected chi connectivity index (χ0v) is 13.3. The van der Waals surface area contributed by atoms with E-state index >= 15 is 0 Å². The summed E-state index contributed by atoms with van der Waals surface area (Å²) in [7, 11) is 0. The lowest BCUT2D eigenvalue weighted by Gasteiger charge is -2.23. The van der Waals surface area contributed by atoms with Crippen molar-refractivity contribution in [2.75, 3.05) is 18.4 Å². The Morgan fingerprint density at radius 3 is 3.13 bits per heavy atom. The molecule has 23 heavy (non-hydrogen) atoms. The highest BCUT2D eigenvalue weighted by molar-refractivity contribution is 7.14. The highest BCUT2D eigenvalue weighted by Crippen LogP contribution is 2.17. The number of aromatic nitrogens is 1. The second-order valence-electron chi connectivity index (χ2n) is 5.36. The predicted molar refractivity (Wildman–Crippen MR) is 86.5 cm³/mol. The molecule has 122 valence electrons. The number of hydrogen-bond donors (Lipinski definition) is 3. The van der Waals surface area contributed by atoms with Crippen LogP contribution in [0, 0.1) is 0 Å². The molecule has 7 nitrogen and oxygen atoms in total. The third-order valence-electron chi connectivity index (χ3n) is 3.52. The molecule has 8 heteroatoms. The van der Waals surface area contributed by atoms with Crippen molar-refractivity contribution < 1.29 is 14.0 Å². The summed E-state index contributed by atoms with van der Waals surface area (Å²) < 4.78 is 5.02. The maximum Gasteiger partial charge on any atom is 0.293 e. The Morgan fingerprint density at radius 1 is 1.48 bits per heavy atom. The van der Waals surface area contributed by atoms with Gasteiger partial charge in [-0.25, -0.2) is 4.98 Å². The van der Waals surface area contributed by atoms with E-state index in [0.717, 1.165) is 25.9 Å². The molecule has 1 aliphatic heterocycles. The van der Waals surface area contributed by atoms with Crippen molar-refractivity contribution >= 4 is 28.3 Å². The SMILES string of the molecule is O=C(Cc1csc(NC(=O)c2ccco2)n1)N[C@H]1CCCNC1. The predicted octanol–water partition coefficient (Wildman–Crippen LogP) is 1.40. The number of carbonyl (C=O) groups excluding carboxylic acids is 2. The van der Waals surface area contributed by atoms with Crippen LogP contribution in [-0.2, 0) is 11.2 Å². The number of rotatable bonds is 5. The first-order valence-electron chi connectivity index (χ1n) is 7.50. The Kier molecular flexibility index (Phi) is 5.04. The lowest BCUT2D eigenvalue weighted by Crippen LogP contribution is -2.46. The number of carbonyl (C=O) groups is 2. The molecule has 0 aliphatic carbocycles. The zero-order chi connectivity index (χ0) is 16.1. The van der Waals surface area contributed by atoms with E-state index in [1.807, 2.05) is 0 Å². The fourth-order valence-corrected chi connectivity index (χ4v) is 3.14. The number of thiazole rings is 1. The van der Waals surface area contributed by atoms with E-state index in [4.69, 9.17) is 4.42 Å². The van der Waals surface area contributed by atoms with E-state index in [-0.39, 0.29) is 30.0 Å². The molecule has 2 amide bonds. The highest BCUT2D eigenvalue weighted by Gasteiger charge is 2.17. The van der Waals surface area contributed by atoms with Gasteiger partial charge in [-0.2, -0.15) is 0 Å². The summed E-state index contributed by atoms with van der Waals surface area (Å²) in [4.78, 5) is 28.1. The molecule has 2 aromatic heterocycles. The summed E-state index contributed by atoms with van der Waals surface area (Å²) in [6, 6.07) is 3.41. The highest BCUT2D eigenvalue weighted by atomic mass is 32.1. The van der Waals surface area contributed by atoms with E-state index in [9.17, 15) is 9.59 Å². The smallest absolute Gasteiger partial charge is 0.293 e. The number of nitrogens with one attached hydrogen (secondary N) is 3. The van der Waals surface area contributed by atoms with Gasteiger partial charge < -0.3 is 15.1 Å². The minimum Gasteiger partial charge on any atom is -0.459 e. The van der Waals surface area contributed by atoms with Crippen molar-refractivity contribution in [3.05, 3.63) is 35.2 Å². The van der Waals surface area contributed by atoms with Crippen LogP contribution in [0.4, 0.5) is 5.13 Å². The summed E-state index contributed by atoms with van der Waals surface area (Å²) in [6.07, 6.45) is 3.72. The minimum atomic E-state index is -0.353. The van der Waals surface area contributed by atoms with Gasteiger partial charge in [-0.05, 0) is 31.5 Å². The fraction of sp³-hybridized carbons (Fsp3) is 0.400. The van der Waals surface area contributed by atoms with Gasteiger partial charge in [-0.3, -0.25) is 14.9 Å². The van der Waals surface area contributed by atoms with Crippen LogP contribution in [0.1, 0.15) is 29.1 Å². The number of hydrogen-bond acceptors (Lipinski definition) is 6. The van der Waals surface area contributed by atoms with E-state index in [0.29, 0.717) is 10.8 Å². The Bertz CT molecular complexity index is 662. The van der Waals surface area contributed by atoms with Crippen molar-refractivity contribution in [2.24, 2.45) is 0 Å². The van der Waals surface area contributed by atoms with E-state index in [1.54, 1.807) is 17.5 Å². The molecule has 2 aromatic rings. The van der Waals surface area contributed by atoms with Crippen LogP contribution in [-0.4, -0.2) is 35.9 Å². The number of furan rings is 1. The molecule has 1 fully saturated rings. The molecule has 0 radical (unpaired) electrons. The molecule has 0 spiro atoms. The van der Waals surface area contributed by atoms with Crippen LogP contribution >= 0.6 is 11.3 Å². The van der Waals surface area contributed by atoms with Gasteiger partial charge in [0.25, 0.3) is 5.91 Å². The lowest BCUT2D eigenvalue weighted by molar-refractivity contribution is -0.121. The van der Waals surface area contributed by atoms with Gasteiger partial charge in [0.05, 0.1) is 18.4 Å². The Hall–Kier alpha value is -2.19. The summed E-state index contributed by atoms with van der Waals surface area (Å²) in [6.45, 7) is 1.82. The molecule has 3 N–H and O–H groups in total. The van der Waals surface area contributed by atoms with Gasteiger partial charge in [0.2, 0.25) is 5.91 Å². The van der Waals surface area contributed by atoms with E-state index in [2.05, 4.69) is 20.9 Å². The number of anilines is 1. The van der Waals surface area contributed by atoms with Gasteiger partial charge in [-0.15, -0.1) is 11.3 Å². The second-order valence-corrected chi connectivity index (χ2v) is 6.22. The Morgan fingerprint density at radius 2 is 2.39 bits per heavy atom. The van der Waals surface area contributed by atoms with Crippen molar-refractivity contribution in [1.82, 2.24) is 15.6 Å². The zero-order valence-electron chi connectivity index (χ0n) is 12.5. The third kappa shape index (κ3) is 4.40. The van der Waals surface area contributed by atoms with Crippen molar-refractivity contribution in [3.63, 3.8) is 0 Å². The summed E-state index contributed by atoms with van der Waals surface area (Å²) in [5, 5.41) is 11.1. The monoisotopic (exact) mass is 334 g/mol. The number of nitrogens with zero attached hydrogens (tertiary/aromatic N) is 1. The van der Waals surface area contributed by atoms with Crippen LogP contribution in [0.25, 0.3) is 0 Å². The first-order valence-corrected chi connectivity index (χ1v) is 8.38. The maximum absolute atomic E-state index is 12.0. The first kappa shape index (κ1) is 15.7. The fourth-order valence-electron chi connectivity index (χ4n) is 2.43. The molecule has 0 unspecified atom stereocenters. The summed E-state index contributed by atoms with van der Waals surface area (Å²) in [5.41, 5.74) is 0.644. The van der Waals surface area contributed by atoms with Crippen LogP contribution in [0.3, 0.4) is 0 Å². The van der Waals surface area contributed by atoms with Crippen molar-refractivity contribution in [1.29, 1.82) is 0 Å². The standard InChI is InChI=1S/C15H18N4O3S/c20-13(17-10-3-1-5-16-8-10)7-11-9-23-15(18-11)19-14(21)12-4-2-6-22-12/h2,4,6,9-10,16H,1,3,5,7-8H2,(H,17,20)(H,18,19,21)/t10-/m0/s1. The third-order valence-corrected chi connectivity index (χ3v) is 4.33. The molecular weight excluding hydrogens is 316 g/mol. The normalized spacial score (nSPS) is 17.7. The molecule has 0 aromatic carbocycles. The first-order chi connectivity index (χ1) is 11.2. The Balaban J connectivity index is 1.50. The summed E-state index contributed by atoms with van der Waals surface area (Å²) >= 11 is 1.29. The molecule has 3 heterocycles. The van der Waals surface area contributed by atoms with Gasteiger partial charge in [0.15, 0.2) is 10.9 Å². The molecule has 3 rings (SSSR count). The topological polar surface area (TPSA) is 96.3 Å². The molecule has 1 atom stereocenters. The van der Waals surface area contributed by atoms with Gasteiger partial charge in [0, 0.05) is 18.0 Å². The molecular formula is C15H18N4O3S.